The van der Waals surface area contributed by atoms with Crippen LogP contribution in [0.15, 0.2) is 0 Å². The van der Waals surface area contributed by atoms with Gasteiger partial charge in [0.2, 0.25) is 0 Å². The molecule has 0 aromatic rings. The van der Waals surface area contributed by atoms with Crippen LogP contribution in [0.5, 0.6) is 0 Å². The van der Waals surface area contributed by atoms with Crippen molar-refractivity contribution in [2.45, 2.75) is 63.3 Å². The average Bonchev–Trinajstić information content (AvgIpc) is 3.11. The van der Waals surface area contributed by atoms with Crippen molar-refractivity contribution in [2.24, 2.45) is 5.92 Å². The van der Waals surface area contributed by atoms with Crippen molar-refractivity contribution >= 4 is 12.0 Å². The van der Waals surface area contributed by atoms with Crippen molar-refractivity contribution in [2.75, 3.05) is 40.0 Å². The number of carboxylic acids is 1. The van der Waals surface area contributed by atoms with E-state index in [0.717, 1.165) is 32.1 Å². The summed E-state index contributed by atoms with van der Waals surface area (Å²) in [5.74, 6) is -0.467. The number of hydrogen-bond donors (Lipinski definition) is 2. The third kappa shape index (κ3) is 4.73. The van der Waals surface area contributed by atoms with Gasteiger partial charge in [0.15, 0.2) is 0 Å². The van der Waals surface area contributed by atoms with Gasteiger partial charge >= 0.3 is 12.0 Å². The first kappa shape index (κ1) is 20.4. The van der Waals surface area contributed by atoms with Crippen LogP contribution in [0.25, 0.3) is 0 Å². The first-order valence-corrected chi connectivity index (χ1v) is 10.2. The Balaban J connectivity index is 1.52. The van der Waals surface area contributed by atoms with Crippen molar-refractivity contribution in [3.63, 3.8) is 0 Å². The van der Waals surface area contributed by atoms with Crippen LogP contribution in [0, 0.1) is 5.92 Å². The normalized spacial score (nSPS) is 33.7. The molecule has 2 N–H and O–H groups in total. The number of carbonyl (C=O) groups is 2. The van der Waals surface area contributed by atoms with Crippen LogP contribution in [-0.4, -0.2) is 91.1 Å². The molecule has 2 amide bonds. The summed E-state index contributed by atoms with van der Waals surface area (Å²) < 4.78 is 11.3. The molecule has 1 heterocycles. The van der Waals surface area contributed by atoms with Gasteiger partial charge in [0, 0.05) is 31.7 Å². The Morgan fingerprint density at radius 2 is 2.11 bits per heavy atom. The van der Waals surface area contributed by atoms with Gasteiger partial charge in [0.1, 0.15) is 0 Å². The lowest BCUT2D eigenvalue weighted by molar-refractivity contribution is -0.139. The molecule has 2 saturated carbocycles. The molecule has 3 aliphatic rings. The predicted octanol–water partition coefficient (Wildman–Crippen LogP) is 1.15. The molecule has 1 saturated heterocycles. The maximum atomic E-state index is 12.9. The number of methoxy groups -OCH3 is 1. The molecule has 0 aromatic carbocycles. The second-order valence-electron chi connectivity index (χ2n) is 7.93. The van der Waals surface area contributed by atoms with Crippen molar-refractivity contribution in [1.82, 2.24) is 15.1 Å². The van der Waals surface area contributed by atoms with Crippen LogP contribution in [0.2, 0.25) is 0 Å². The number of hydrogen-bond acceptors (Lipinski definition) is 5. The Bertz CT molecular complexity index is 525. The van der Waals surface area contributed by atoms with Crippen LogP contribution < -0.4 is 5.32 Å². The standard InChI is InChI=1S/C19H33N3O5/c1-3-21(11-18(23)24)14-9-13(10-14)20-19(25)22-7-8-27-12-16(22)15-5-4-6-17(15)26-2/h13-17H,3-12H2,1-2H3,(H,20,25)(H,23,24). The van der Waals surface area contributed by atoms with Gasteiger partial charge in [0.05, 0.1) is 31.9 Å². The molecule has 8 heteroatoms. The highest BCUT2D eigenvalue weighted by Crippen LogP contribution is 2.34. The zero-order valence-corrected chi connectivity index (χ0v) is 16.4. The minimum atomic E-state index is -0.801. The van der Waals surface area contributed by atoms with E-state index in [4.69, 9.17) is 14.6 Å². The molecule has 0 radical (unpaired) electrons. The summed E-state index contributed by atoms with van der Waals surface area (Å²) in [5, 5.41) is 12.2. The van der Waals surface area contributed by atoms with Gasteiger partial charge in [-0.2, -0.15) is 0 Å². The van der Waals surface area contributed by atoms with E-state index in [-0.39, 0.29) is 36.8 Å². The van der Waals surface area contributed by atoms with Gasteiger partial charge < -0.3 is 24.8 Å². The first-order valence-electron chi connectivity index (χ1n) is 10.2. The second kappa shape index (κ2) is 9.21. The number of rotatable bonds is 7. The van der Waals surface area contributed by atoms with Crippen molar-refractivity contribution < 1.29 is 24.2 Å². The Morgan fingerprint density at radius 3 is 2.78 bits per heavy atom. The monoisotopic (exact) mass is 383 g/mol. The third-order valence-electron chi connectivity index (χ3n) is 6.43. The van der Waals surface area contributed by atoms with E-state index >= 15 is 0 Å². The number of amides is 2. The molecule has 1 aliphatic heterocycles. The van der Waals surface area contributed by atoms with Crippen LogP contribution in [0.1, 0.15) is 39.0 Å². The lowest BCUT2D eigenvalue weighted by atomic mass is 9.85. The zero-order valence-electron chi connectivity index (χ0n) is 16.4. The van der Waals surface area contributed by atoms with Crippen molar-refractivity contribution in [3.05, 3.63) is 0 Å². The van der Waals surface area contributed by atoms with Crippen LogP contribution in [0.3, 0.4) is 0 Å². The third-order valence-corrected chi connectivity index (χ3v) is 6.43. The molecule has 3 rings (SSSR count). The van der Waals surface area contributed by atoms with Gasteiger partial charge in [-0.05, 0) is 32.2 Å². The first-order chi connectivity index (χ1) is 13.0. The quantitative estimate of drug-likeness (QED) is 0.685. The minimum Gasteiger partial charge on any atom is -0.480 e. The molecule has 3 unspecified atom stereocenters. The number of ether oxygens (including phenoxy) is 2. The SMILES string of the molecule is CCN(CC(=O)O)C1CC(NC(=O)N2CCOCC2C2CCCC2OC)C1. The largest absolute Gasteiger partial charge is 0.480 e. The molecule has 154 valence electrons. The van der Waals surface area contributed by atoms with Gasteiger partial charge in [-0.25, -0.2) is 4.79 Å². The minimum absolute atomic E-state index is 0.0187. The van der Waals surface area contributed by atoms with Gasteiger partial charge in [-0.1, -0.05) is 13.3 Å². The molecule has 2 aliphatic carbocycles. The van der Waals surface area contributed by atoms with E-state index in [0.29, 0.717) is 32.2 Å². The summed E-state index contributed by atoms with van der Waals surface area (Å²) in [6.07, 6.45) is 5.08. The smallest absolute Gasteiger partial charge is 0.318 e. The van der Waals surface area contributed by atoms with E-state index in [1.807, 2.05) is 16.7 Å². The molecular formula is C19H33N3O5. The van der Waals surface area contributed by atoms with Crippen molar-refractivity contribution in [3.8, 4) is 0 Å². The summed E-state index contributed by atoms with van der Waals surface area (Å²) in [7, 11) is 1.75. The summed E-state index contributed by atoms with van der Waals surface area (Å²) in [5.41, 5.74) is 0. The number of morpholine rings is 1. The fourth-order valence-electron chi connectivity index (χ4n) is 4.85. The zero-order chi connectivity index (χ0) is 19.4. The van der Waals surface area contributed by atoms with E-state index in [2.05, 4.69) is 5.32 Å². The predicted molar refractivity (Wildman–Crippen MR) is 99.7 cm³/mol. The highest BCUT2D eigenvalue weighted by Gasteiger charge is 2.42. The van der Waals surface area contributed by atoms with E-state index in [9.17, 15) is 9.59 Å². The summed E-state index contributed by atoms with van der Waals surface area (Å²) in [6, 6.07) is 0.413. The van der Waals surface area contributed by atoms with Gasteiger partial charge in [-0.3, -0.25) is 9.69 Å². The lowest BCUT2D eigenvalue weighted by Crippen LogP contribution is -2.61. The average molecular weight is 383 g/mol. The second-order valence-corrected chi connectivity index (χ2v) is 7.93. The topological polar surface area (TPSA) is 91.3 Å². The summed E-state index contributed by atoms with van der Waals surface area (Å²) in [6.45, 7) is 4.51. The Hall–Kier alpha value is -1.38. The van der Waals surface area contributed by atoms with Crippen LogP contribution in [-0.2, 0) is 14.3 Å². The number of nitrogens with zero attached hydrogens (tertiary/aromatic N) is 2. The molecule has 8 nitrogen and oxygen atoms in total. The molecule has 3 fully saturated rings. The fraction of sp³-hybridized carbons (Fsp3) is 0.895. The lowest BCUT2D eigenvalue weighted by Gasteiger charge is -2.45. The molecular weight excluding hydrogens is 350 g/mol. The van der Waals surface area contributed by atoms with E-state index in [1.165, 1.54) is 0 Å². The summed E-state index contributed by atoms with van der Waals surface area (Å²) >= 11 is 0. The maximum absolute atomic E-state index is 12.9. The fourth-order valence-corrected chi connectivity index (χ4v) is 4.85. The molecule has 3 atom stereocenters. The number of urea groups is 1. The summed E-state index contributed by atoms with van der Waals surface area (Å²) in [4.78, 5) is 27.8. The number of carboxylic acid groups (broad SMARTS) is 1. The molecule has 27 heavy (non-hydrogen) atoms. The van der Waals surface area contributed by atoms with Crippen LogP contribution in [0.4, 0.5) is 4.79 Å². The maximum Gasteiger partial charge on any atom is 0.318 e. The highest BCUT2D eigenvalue weighted by molar-refractivity contribution is 5.75. The van der Waals surface area contributed by atoms with Crippen molar-refractivity contribution in [1.29, 1.82) is 0 Å². The number of likely N-dealkylation sites (N-methyl/N-ethyl adjacent to an activating group) is 1. The highest BCUT2D eigenvalue weighted by atomic mass is 16.5. The number of aliphatic carboxylic acids is 1. The Labute approximate surface area is 161 Å². The molecule has 0 aromatic heterocycles. The number of nitrogens with one attached hydrogen (secondary N) is 1. The molecule has 0 bridgehead atoms. The number of carbonyl (C=O) groups excluding carboxylic acids is 1. The molecule has 0 spiro atoms. The van der Waals surface area contributed by atoms with Gasteiger partial charge in [0.25, 0.3) is 0 Å². The Morgan fingerprint density at radius 1 is 1.33 bits per heavy atom. The Kier molecular flexibility index (Phi) is 6.94. The van der Waals surface area contributed by atoms with Crippen LogP contribution >= 0.6 is 0 Å². The van der Waals surface area contributed by atoms with E-state index in [1.54, 1.807) is 7.11 Å². The van der Waals surface area contributed by atoms with E-state index < -0.39 is 5.97 Å². The van der Waals surface area contributed by atoms with Gasteiger partial charge in [-0.15, -0.1) is 0 Å².